The van der Waals surface area contributed by atoms with Crippen LogP contribution in [0.1, 0.15) is 24.8 Å². The Morgan fingerprint density at radius 3 is 2.89 bits per heavy atom. The van der Waals surface area contributed by atoms with Crippen LogP contribution in [-0.4, -0.2) is 38.0 Å². The highest BCUT2D eigenvalue weighted by atomic mass is 16.5. The van der Waals surface area contributed by atoms with Gasteiger partial charge in [-0.2, -0.15) is 0 Å². The van der Waals surface area contributed by atoms with E-state index in [2.05, 4.69) is 23.5 Å². The van der Waals surface area contributed by atoms with Crippen LogP contribution in [0.15, 0.2) is 24.3 Å². The van der Waals surface area contributed by atoms with Crippen LogP contribution in [0, 0.1) is 0 Å². The minimum absolute atomic E-state index is 0.237. The van der Waals surface area contributed by atoms with E-state index in [9.17, 15) is 0 Å². The van der Waals surface area contributed by atoms with Crippen LogP contribution in [0.3, 0.4) is 0 Å². The van der Waals surface area contributed by atoms with Crippen LogP contribution in [0.4, 0.5) is 5.69 Å². The van der Waals surface area contributed by atoms with Gasteiger partial charge in [-0.1, -0.05) is 12.1 Å². The Balaban J connectivity index is 2.56. The maximum absolute atomic E-state index is 8.87. The summed E-state index contributed by atoms with van der Waals surface area (Å²) in [5, 5.41) is 12.4. The van der Waals surface area contributed by atoms with Crippen LogP contribution >= 0.6 is 0 Å². The molecule has 0 radical (unpaired) electrons. The van der Waals surface area contributed by atoms with E-state index in [0.717, 1.165) is 31.4 Å². The standard InChI is InChI=1S/C15H26N2O2/c1-19-12-15(8-3-9-16)17-14-7-2-5-13(11-14)6-4-10-18/h2,5,7,11,15,17-18H,3-4,6,8-10,12,16H2,1H3. The minimum Gasteiger partial charge on any atom is -0.396 e. The largest absolute Gasteiger partial charge is 0.396 e. The molecule has 0 bridgehead atoms. The van der Waals surface area contributed by atoms with Crippen LogP contribution < -0.4 is 11.1 Å². The van der Waals surface area contributed by atoms with Crippen molar-refractivity contribution < 1.29 is 9.84 Å². The first kappa shape index (κ1) is 16.0. The Bertz CT molecular complexity index is 345. The lowest BCUT2D eigenvalue weighted by atomic mass is 10.1. The number of anilines is 1. The lowest BCUT2D eigenvalue weighted by Gasteiger charge is -2.19. The number of benzene rings is 1. The molecule has 0 aliphatic rings. The monoisotopic (exact) mass is 266 g/mol. The fourth-order valence-electron chi connectivity index (χ4n) is 2.10. The Morgan fingerprint density at radius 2 is 2.21 bits per heavy atom. The van der Waals surface area contributed by atoms with E-state index < -0.39 is 0 Å². The van der Waals surface area contributed by atoms with E-state index in [1.807, 2.05) is 6.07 Å². The van der Waals surface area contributed by atoms with Crippen LogP contribution in [0.5, 0.6) is 0 Å². The zero-order chi connectivity index (χ0) is 13.9. The Hall–Kier alpha value is -1.10. The van der Waals surface area contributed by atoms with Crippen molar-refractivity contribution in [3.63, 3.8) is 0 Å². The van der Waals surface area contributed by atoms with Gasteiger partial charge in [0.1, 0.15) is 0 Å². The summed E-state index contributed by atoms with van der Waals surface area (Å²) in [4.78, 5) is 0. The zero-order valence-corrected chi connectivity index (χ0v) is 11.8. The van der Waals surface area contributed by atoms with Crippen LogP contribution in [-0.2, 0) is 11.2 Å². The lowest BCUT2D eigenvalue weighted by molar-refractivity contribution is 0.182. The predicted molar refractivity (Wildman–Crippen MR) is 79.4 cm³/mol. The van der Waals surface area contributed by atoms with Gasteiger partial charge in [0.25, 0.3) is 0 Å². The number of nitrogens with one attached hydrogen (secondary N) is 1. The third-order valence-electron chi connectivity index (χ3n) is 3.05. The molecule has 0 saturated carbocycles. The van der Waals surface area contributed by atoms with Gasteiger partial charge in [-0.05, 0) is 49.9 Å². The number of ether oxygens (including phenoxy) is 1. The van der Waals surface area contributed by atoms with E-state index >= 15 is 0 Å². The molecule has 1 atom stereocenters. The SMILES string of the molecule is COCC(CCCN)Nc1cccc(CCCO)c1. The molecule has 1 aromatic carbocycles. The molecule has 0 saturated heterocycles. The summed E-state index contributed by atoms with van der Waals surface area (Å²) >= 11 is 0. The van der Waals surface area contributed by atoms with Gasteiger partial charge < -0.3 is 20.9 Å². The molecule has 1 aromatic rings. The molecular weight excluding hydrogens is 240 g/mol. The second-order valence-corrected chi connectivity index (χ2v) is 4.76. The minimum atomic E-state index is 0.237. The van der Waals surface area contributed by atoms with Gasteiger partial charge in [0.2, 0.25) is 0 Å². The summed E-state index contributed by atoms with van der Waals surface area (Å²) in [6, 6.07) is 8.63. The third kappa shape index (κ3) is 6.57. The second-order valence-electron chi connectivity index (χ2n) is 4.76. The molecule has 19 heavy (non-hydrogen) atoms. The zero-order valence-electron chi connectivity index (χ0n) is 11.8. The fraction of sp³-hybridized carbons (Fsp3) is 0.600. The van der Waals surface area contributed by atoms with E-state index in [1.54, 1.807) is 7.11 Å². The van der Waals surface area contributed by atoms with Crippen molar-refractivity contribution >= 4 is 5.69 Å². The Morgan fingerprint density at radius 1 is 1.37 bits per heavy atom. The number of aryl methyl sites for hydroxylation is 1. The highest BCUT2D eigenvalue weighted by molar-refractivity contribution is 5.46. The highest BCUT2D eigenvalue weighted by Crippen LogP contribution is 2.15. The van der Waals surface area contributed by atoms with Gasteiger partial charge in [0, 0.05) is 25.4 Å². The molecule has 0 aliphatic heterocycles. The number of hydrogen-bond acceptors (Lipinski definition) is 4. The summed E-state index contributed by atoms with van der Waals surface area (Å²) in [6.45, 7) is 1.62. The summed E-state index contributed by atoms with van der Waals surface area (Å²) < 4.78 is 5.23. The molecule has 4 nitrogen and oxygen atoms in total. The number of methoxy groups -OCH3 is 1. The van der Waals surface area contributed by atoms with E-state index in [-0.39, 0.29) is 6.61 Å². The summed E-state index contributed by atoms with van der Waals surface area (Å²) in [5.74, 6) is 0. The highest BCUT2D eigenvalue weighted by Gasteiger charge is 2.08. The number of aliphatic hydroxyl groups is 1. The summed E-state index contributed by atoms with van der Waals surface area (Å²) in [6.07, 6.45) is 3.71. The lowest BCUT2D eigenvalue weighted by Crippen LogP contribution is -2.25. The quantitative estimate of drug-likeness (QED) is 0.604. The molecular formula is C15H26N2O2. The fourth-order valence-corrected chi connectivity index (χ4v) is 2.10. The molecule has 0 aromatic heterocycles. The molecule has 4 N–H and O–H groups in total. The van der Waals surface area contributed by atoms with Gasteiger partial charge in [-0.25, -0.2) is 0 Å². The summed E-state index contributed by atoms with van der Waals surface area (Å²) in [7, 11) is 1.72. The molecule has 0 aliphatic carbocycles. The first-order valence-electron chi connectivity index (χ1n) is 6.95. The van der Waals surface area contributed by atoms with Gasteiger partial charge >= 0.3 is 0 Å². The Labute approximate surface area is 116 Å². The van der Waals surface area contributed by atoms with Gasteiger partial charge in [-0.15, -0.1) is 0 Å². The van der Waals surface area contributed by atoms with Crippen LogP contribution in [0.2, 0.25) is 0 Å². The first-order chi connectivity index (χ1) is 9.30. The average Bonchev–Trinajstić information content (AvgIpc) is 2.43. The van der Waals surface area contributed by atoms with Crippen molar-refractivity contribution in [2.75, 3.05) is 32.2 Å². The average molecular weight is 266 g/mol. The number of nitrogens with two attached hydrogens (primary N) is 1. The molecule has 108 valence electrons. The number of hydrogen-bond donors (Lipinski definition) is 3. The van der Waals surface area contributed by atoms with Crippen molar-refractivity contribution in [1.29, 1.82) is 0 Å². The van der Waals surface area contributed by atoms with Crippen molar-refractivity contribution in [2.24, 2.45) is 5.73 Å². The predicted octanol–water partition coefficient (Wildman–Crippen LogP) is 1.78. The van der Waals surface area contributed by atoms with Crippen molar-refractivity contribution in [3.8, 4) is 0 Å². The molecule has 1 rings (SSSR count). The maximum Gasteiger partial charge on any atom is 0.0664 e. The van der Waals surface area contributed by atoms with Crippen LogP contribution in [0.25, 0.3) is 0 Å². The smallest absolute Gasteiger partial charge is 0.0664 e. The topological polar surface area (TPSA) is 67.5 Å². The van der Waals surface area contributed by atoms with Gasteiger partial charge in [0.15, 0.2) is 0 Å². The number of rotatable bonds is 10. The first-order valence-corrected chi connectivity index (χ1v) is 6.95. The normalized spacial score (nSPS) is 12.4. The van der Waals surface area contributed by atoms with E-state index in [4.69, 9.17) is 15.6 Å². The second kappa shape index (κ2) is 9.78. The third-order valence-corrected chi connectivity index (χ3v) is 3.05. The molecule has 0 spiro atoms. The molecule has 0 amide bonds. The van der Waals surface area contributed by atoms with E-state index in [0.29, 0.717) is 19.2 Å². The molecule has 0 heterocycles. The van der Waals surface area contributed by atoms with E-state index in [1.165, 1.54) is 5.56 Å². The molecule has 0 fully saturated rings. The maximum atomic E-state index is 8.87. The number of aliphatic hydroxyl groups excluding tert-OH is 1. The van der Waals surface area contributed by atoms with Gasteiger partial charge in [-0.3, -0.25) is 0 Å². The Kier molecular flexibility index (Phi) is 8.21. The molecule has 4 heteroatoms. The summed E-state index contributed by atoms with van der Waals surface area (Å²) in [5.41, 5.74) is 7.90. The van der Waals surface area contributed by atoms with Gasteiger partial charge in [0.05, 0.1) is 6.61 Å². The van der Waals surface area contributed by atoms with Crippen molar-refractivity contribution in [3.05, 3.63) is 29.8 Å². The van der Waals surface area contributed by atoms with Crippen molar-refractivity contribution in [2.45, 2.75) is 31.7 Å². The molecule has 1 unspecified atom stereocenters. The van der Waals surface area contributed by atoms with Crippen molar-refractivity contribution in [1.82, 2.24) is 0 Å².